The summed E-state index contributed by atoms with van der Waals surface area (Å²) in [6, 6.07) is 7.70. The Hall–Kier alpha value is -1.84. The molecule has 2 N–H and O–H groups in total. The first-order chi connectivity index (χ1) is 9.28. The minimum atomic E-state index is 0.0861. The first-order valence-corrected chi connectivity index (χ1v) is 6.86. The molecule has 4 nitrogen and oxygen atoms in total. The molecule has 0 heterocycles. The first-order valence-electron chi connectivity index (χ1n) is 6.86. The molecule has 0 saturated heterocycles. The number of hydrogen-bond acceptors (Lipinski definition) is 2. The van der Waals surface area contributed by atoms with Crippen LogP contribution < -0.4 is 10.6 Å². The zero-order valence-corrected chi connectivity index (χ0v) is 11.0. The molecule has 1 aliphatic carbocycles. The second-order valence-electron chi connectivity index (χ2n) is 5.04. The highest BCUT2D eigenvalue weighted by Gasteiger charge is 2.15. The normalized spacial score (nSPS) is 15.8. The molecule has 19 heavy (non-hydrogen) atoms. The summed E-state index contributed by atoms with van der Waals surface area (Å²) in [5.41, 5.74) is 1.70. The molecule has 0 radical (unpaired) electrons. The standard InChI is InChI=1S/C15H20N2O2/c18-11-16-13-8-6-12(7-9-13)10-15(19)17-14-4-2-1-3-5-14/h6-9,11,14H,1-5,10H2,(H,16,18)(H,17,19). The molecule has 1 aromatic carbocycles. The van der Waals surface area contributed by atoms with Crippen LogP contribution in [-0.2, 0) is 16.0 Å². The van der Waals surface area contributed by atoms with E-state index in [2.05, 4.69) is 10.6 Å². The summed E-state index contributed by atoms with van der Waals surface area (Å²) in [5.74, 6) is 0.0861. The SMILES string of the molecule is O=CNc1ccc(CC(=O)NC2CCCCC2)cc1. The van der Waals surface area contributed by atoms with Crippen LogP contribution in [0.5, 0.6) is 0 Å². The van der Waals surface area contributed by atoms with Gasteiger partial charge < -0.3 is 10.6 Å². The predicted octanol–water partition coefficient (Wildman–Crippen LogP) is 2.25. The third-order valence-electron chi connectivity index (χ3n) is 3.51. The third-order valence-corrected chi connectivity index (χ3v) is 3.51. The fourth-order valence-electron chi connectivity index (χ4n) is 2.50. The molecule has 1 saturated carbocycles. The van der Waals surface area contributed by atoms with Crippen LogP contribution in [0, 0.1) is 0 Å². The quantitative estimate of drug-likeness (QED) is 0.798. The number of anilines is 1. The number of amides is 2. The van der Waals surface area contributed by atoms with Crippen molar-refractivity contribution < 1.29 is 9.59 Å². The Balaban J connectivity index is 1.82. The maximum absolute atomic E-state index is 11.9. The van der Waals surface area contributed by atoms with E-state index in [1.807, 2.05) is 12.1 Å². The van der Waals surface area contributed by atoms with Crippen molar-refractivity contribution in [1.29, 1.82) is 0 Å². The Bertz CT molecular complexity index is 422. The Kier molecular flexibility index (Phi) is 4.95. The second-order valence-corrected chi connectivity index (χ2v) is 5.04. The lowest BCUT2D eigenvalue weighted by Crippen LogP contribution is -2.37. The van der Waals surface area contributed by atoms with Crippen molar-refractivity contribution >= 4 is 18.0 Å². The lowest BCUT2D eigenvalue weighted by atomic mass is 9.95. The minimum Gasteiger partial charge on any atom is -0.353 e. The molecular formula is C15H20N2O2. The number of hydrogen-bond donors (Lipinski definition) is 2. The molecular weight excluding hydrogens is 240 g/mol. The maximum Gasteiger partial charge on any atom is 0.224 e. The van der Waals surface area contributed by atoms with E-state index in [-0.39, 0.29) is 5.91 Å². The Morgan fingerprint density at radius 2 is 1.84 bits per heavy atom. The lowest BCUT2D eigenvalue weighted by molar-refractivity contribution is -0.121. The van der Waals surface area contributed by atoms with E-state index in [0.717, 1.165) is 24.1 Å². The van der Waals surface area contributed by atoms with Gasteiger partial charge in [0.2, 0.25) is 12.3 Å². The molecule has 2 rings (SSSR count). The van der Waals surface area contributed by atoms with Gasteiger partial charge in [-0.1, -0.05) is 31.4 Å². The van der Waals surface area contributed by atoms with Gasteiger partial charge >= 0.3 is 0 Å². The van der Waals surface area contributed by atoms with Crippen LogP contribution in [-0.4, -0.2) is 18.4 Å². The molecule has 0 aliphatic heterocycles. The molecule has 0 unspecified atom stereocenters. The van der Waals surface area contributed by atoms with Crippen molar-refractivity contribution in [2.75, 3.05) is 5.32 Å². The average Bonchev–Trinajstić information content (AvgIpc) is 2.42. The van der Waals surface area contributed by atoms with E-state index in [0.29, 0.717) is 18.9 Å². The summed E-state index contributed by atoms with van der Waals surface area (Å²) in [4.78, 5) is 22.2. The van der Waals surface area contributed by atoms with Gasteiger partial charge in [-0.25, -0.2) is 0 Å². The second kappa shape index (κ2) is 6.92. The van der Waals surface area contributed by atoms with Crippen LogP contribution in [0.3, 0.4) is 0 Å². The predicted molar refractivity (Wildman–Crippen MR) is 74.8 cm³/mol. The molecule has 0 atom stereocenters. The maximum atomic E-state index is 11.9. The van der Waals surface area contributed by atoms with Crippen molar-refractivity contribution in [2.45, 2.75) is 44.6 Å². The topological polar surface area (TPSA) is 58.2 Å². The summed E-state index contributed by atoms with van der Waals surface area (Å²) < 4.78 is 0. The van der Waals surface area contributed by atoms with Crippen LogP contribution in [0.2, 0.25) is 0 Å². The monoisotopic (exact) mass is 260 g/mol. The fourth-order valence-corrected chi connectivity index (χ4v) is 2.50. The van der Waals surface area contributed by atoms with Crippen molar-refractivity contribution in [3.8, 4) is 0 Å². The van der Waals surface area contributed by atoms with Crippen LogP contribution in [0.25, 0.3) is 0 Å². The van der Waals surface area contributed by atoms with E-state index < -0.39 is 0 Å². The molecule has 0 bridgehead atoms. The minimum absolute atomic E-state index is 0.0861. The van der Waals surface area contributed by atoms with E-state index in [1.54, 1.807) is 12.1 Å². The summed E-state index contributed by atoms with van der Waals surface area (Å²) in [7, 11) is 0. The number of benzene rings is 1. The number of rotatable bonds is 5. The zero-order chi connectivity index (χ0) is 13.5. The molecule has 2 amide bonds. The van der Waals surface area contributed by atoms with Crippen molar-refractivity contribution in [2.24, 2.45) is 0 Å². The molecule has 1 fully saturated rings. The highest BCUT2D eigenvalue weighted by Crippen LogP contribution is 2.17. The number of carbonyl (C=O) groups is 2. The zero-order valence-electron chi connectivity index (χ0n) is 11.0. The van der Waals surface area contributed by atoms with Gasteiger partial charge in [0.1, 0.15) is 0 Å². The van der Waals surface area contributed by atoms with Gasteiger partial charge in [0.15, 0.2) is 0 Å². The molecule has 1 aliphatic rings. The van der Waals surface area contributed by atoms with Gasteiger partial charge in [-0.3, -0.25) is 9.59 Å². The summed E-state index contributed by atoms with van der Waals surface area (Å²) in [5, 5.41) is 5.67. The highest BCUT2D eigenvalue weighted by atomic mass is 16.1. The van der Waals surface area contributed by atoms with Gasteiger partial charge in [0.25, 0.3) is 0 Å². The average molecular weight is 260 g/mol. The van der Waals surface area contributed by atoms with Gasteiger partial charge in [-0.15, -0.1) is 0 Å². The van der Waals surface area contributed by atoms with Crippen LogP contribution in [0.4, 0.5) is 5.69 Å². The first kappa shape index (κ1) is 13.6. The Labute approximate surface area is 113 Å². The smallest absolute Gasteiger partial charge is 0.224 e. The van der Waals surface area contributed by atoms with Gasteiger partial charge in [-0.05, 0) is 30.5 Å². The van der Waals surface area contributed by atoms with E-state index in [4.69, 9.17) is 0 Å². The number of carbonyl (C=O) groups excluding carboxylic acids is 2. The lowest BCUT2D eigenvalue weighted by Gasteiger charge is -2.22. The molecule has 4 heteroatoms. The number of nitrogens with one attached hydrogen (secondary N) is 2. The highest BCUT2D eigenvalue weighted by molar-refractivity contribution is 5.79. The Morgan fingerprint density at radius 1 is 1.16 bits per heavy atom. The van der Waals surface area contributed by atoms with E-state index in [1.165, 1.54) is 19.3 Å². The van der Waals surface area contributed by atoms with Crippen molar-refractivity contribution in [1.82, 2.24) is 5.32 Å². The van der Waals surface area contributed by atoms with E-state index in [9.17, 15) is 9.59 Å². The fraction of sp³-hybridized carbons (Fsp3) is 0.467. The van der Waals surface area contributed by atoms with Gasteiger partial charge in [0, 0.05) is 11.7 Å². The molecule has 1 aromatic rings. The van der Waals surface area contributed by atoms with E-state index >= 15 is 0 Å². The third kappa shape index (κ3) is 4.39. The van der Waals surface area contributed by atoms with Gasteiger partial charge in [0.05, 0.1) is 6.42 Å². The van der Waals surface area contributed by atoms with Crippen LogP contribution in [0.15, 0.2) is 24.3 Å². The largest absolute Gasteiger partial charge is 0.353 e. The molecule has 0 spiro atoms. The summed E-state index contributed by atoms with van der Waals surface area (Å²) in [6.45, 7) is 0. The molecule has 102 valence electrons. The van der Waals surface area contributed by atoms with Crippen LogP contribution >= 0.6 is 0 Å². The summed E-state index contributed by atoms with van der Waals surface area (Å²) >= 11 is 0. The van der Waals surface area contributed by atoms with Crippen molar-refractivity contribution in [3.63, 3.8) is 0 Å². The van der Waals surface area contributed by atoms with Crippen LogP contribution in [0.1, 0.15) is 37.7 Å². The van der Waals surface area contributed by atoms with Crippen molar-refractivity contribution in [3.05, 3.63) is 29.8 Å². The summed E-state index contributed by atoms with van der Waals surface area (Å²) in [6.07, 6.45) is 6.98. The Morgan fingerprint density at radius 3 is 2.47 bits per heavy atom. The van der Waals surface area contributed by atoms with Gasteiger partial charge in [-0.2, -0.15) is 0 Å². The molecule has 0 aromatic heterocycles.